The largest absolute Gasteiger partial charge is 0.409 e. The van der Waals surface area contributed by atoms with Crippen LogP contribution in [0.3, 0.4) is 0 Å². The summed E-state index contributed by atoms with van der Waals surface area (Å²) in [7, 11) is 0. The Hall–Kier alpha value is -1.30. The molecule has 2 fully saturated rings. The molecule has 6 heteroatoms. The fourth-order valence-electron chi connectivity index (χ4n) is 3.14. The summed E-state index contributed by atoms with van der Waals surface area (Å²) in [4.78, 5) is 12.4. The van der Waals surface area contributed by atoms with Gasteiger partial charge in [0.1, 0.15) is 11.6 Å². The molecule has 0 aromatic rings. The maximum Gasteiger partial charge on any atom is 0.249 e. The lowest BCUT2D eigenvalue weighted by Crippen LogP contribution is -2.59. The second-order valence-electron chi connectivity index (χ2n) is 5.83. The monoisotopic (exact) mass is 283 g/mol. The van der Waals surface area contributed by atoms with Crippen LogP contribution in [0.4, 0.5) is 0 Å². The molecule has 2 aliphatic rings. The van der Waals surface area contributed by atoms with Crippen molar-refractivity contribution in [3.8, 4) is 0 Å². The zero-order chi connectivity index (χ0) is 14.4. The normalized spacial score (nSPS) is 27.6. The number of hydrogen-bond donors (Lipinski definition) is 3. The number of ether oxygens (including phenoxy) is 1. The van der Waals surface area contributed by atoms with Crippen LogP contribution in [0.25, 0.3) is 0 Å². The molecule has 0 bridgehead atoms. The van der Waals surface area contributed by atoms with Crippen molar-refractivity contribution in [2.24, 2.45) is 10.9 Å². The molecule has 1 saturated heterocycles. The molecule has 0 spiro atoms. The summed E-state index contributed by atoms with van der Waals surface area (Å²) in [5.41, 5.74) is 5.17. The first kappa shape index (κ1) is 15.1. The van der Waals surface area contributed by atoms with Gasteiger partial charge in [0.05, 0.1) is 0 Å². The molecule has 2 rings (SSSR count). The van der Waals surface area contributed by atoms with E-state index in [1.54, 1.807) is 0 Å². The summed E-state index contributed by atoms with van der Waals surface area (Å²) in [6.45, 7) is 0.634. The van der Waals surface area contributed by atoms with Crippen LogP contribution in [0.5, 0.6) is 0 Å². The van der Waals surface area contributed by atoms with Crippen molar-refractivity contribution in [3.05, 3.63) is 0 Å². The van der Waals surface area contributed by atoms with Gasteiger partial charge in [0.15, 0.2) is 5.84 Å². The Morgan fingerprint density at radius 1 is 1.20 bits per heavy atom. The highest BCUT2D eigenvalue weighted by Crippen LogP contribution is 2.28. The van der Waals surface area contributed by atoms with Crippen molar-refractivity contribution in [1.82, 2.24) is 5.32 Å². The molecular formula is C14H25N3O3. The lowest BCUT2D eigenvalue weighted by Gasteiger charge is -2.34. The van der Waals surface area contributed by atoms with Crippen LogP contribution in [-0.4, -0.2) is 35.2 Å². The molecule has 1 atom stereocenters. The first-order valence-corrected chi connectivity index (χ1v) is 7.59. The predicted molar refractivity (Wildman–Crippen MR) is 75.6 cm³/mol. The van der Waals surface area contributed by atoms with Gasteiger partial charge < -0.3 is 21.0 Å². The molecule has 1 aliphatic heterocycles. The summed E-state index contributed by atoms with van der Waals surface area (Å²) in [5, 5.41) is 15.2. The van der Waals surface area contributed by atoms with E-state index in [-0.39, 0.29) is 11.7 Å². The molecule has 1 unspecified atom stereocenters. The van der Waals surface area contributed by atoms with E-state index in [1.807, 2.05) is 0 Å². The maximum atomic E-state index is 12.4. The third-order valence-electron chi connectivity index (χ3n) is 4.39. The molecule has 114 valence electrons. The summed E-state index contributed by atoms with van der Waals surface area (Å²) in [5.74, 6) is -0.0123. The van der Waals surface area contributed by atoms with E-state index < -0.39 is 11.6 Å². The number of amides is 1. The number of oxime groups is 1. The molecule has 0 aromatic carbocycles. The Balaban J connectivity index is 2.08. The van der Waals surface area contributed by atoms with Gasteiger partial charge in [0, 0.05) is 6.61 Å². The van der Waals surface area contributed by atoms with Crippen molar-refractivity contribution in [3.63, 3.8) is 0 Å². The van der Waals surface area contributed by atoms with Gasteiger partial charge in [-0.05, 0) is 32.1 Å². The molecule has 0 radical (unpaired) electrons. The van der Waals surface area contributed by atoms with E-state index >= 15 is 0 Å². The van der Waals surface area contributed by atoms with Gasteiger partial charge in [0.2, 0.25) is 5.91 Å². The third-order valence-corrected chi connectivity index (χ3v) is 4.39. The Kier molecular flexibility index (Phi) is 5.23. The number of hydrogen-bond acceptors (Lipinski definition) is 4. The number of carbonyl (C=O) groups excluding carboxylic acids is 1. The summed E-state index contributed by atoms with van der Waals surface area (Å²) < 4.78 is 5.52. The van der Waals surface area contributed by atoms with Crippen LogP contribution in [0.1, 0.15) is 57.8 Å². The first-order chi connectivity index (χ1) is 9.68. The second kappa shape index (κ2) is 6.92. The van der Waals surface area contributed by atoms with Crippen molar-refractivity contribution in [2.75, 3.05) is 6.61 Å². The van der Waals surface area contributed by atoms with Gasteiger partial charge >= 0.3 is 0 Å². The molecule has 1 saturated carbocycles. The van der Waals surface area contributed by atoms with Crippen molar-refractivity contribution < 1.29 is 14.7 Å². The van der Waals surface area contributed by atoms with E-state index in [4.69, 9.17) is 15.7 Å². The van der Waals surface area contributed by atoms with Gasteiger partial charge in [-0.3, -0.25) is 4.79 Å². The Morgan fingerprint density at radius 3 is 2.45 bits per heavy atom. The topological polar surface area (TPSA) is 96.9 Å². The van der Waals surface area contributed by atoms with Gasteiger partial charge in [-0.1, -0.05) is 30.8 Å². The van der Waals surface area contributed by atoms with Crippen molar-refractivity contribution >= 4 is 11.7 Å². The molecule has 1 amide bonds. The SMILES string of the molecule is NC(=NO)C1(NC(=O)C2CCCCO2)CCCCCC1. The lowest BCUT2D eigenvalue weighted by atomic mass is 9.88. The van der Waals surface area contributed by atoms with Crippen LogP contribution in [0.2, 0.25) is 0 Å². The Labute approximate surface area is 119 Å². The van der Waals surface area contributed by atoms with E-state index in [2.05, 4.69) is 10.5 Å². The molecule has 1 aliphatic carbocycles. The summed E-state index contributed by atoms with van der Waals surface area (Å²) >= 11 is 0. The van der Waals surface area contributed by atoms with Gasteiger partial charge in [0.25, 0.3) is 0 Å². The quantitative estimate of drug-likeness (QED) is 0.240. The highest BCUT2D eigenvalue weighted by atomic mass is 16.5. The minimum absolute atomic E-state index is 0.114. The number of nitrogens with zero attached hydrogens (tertiary/aromatic N) is 1. The first-order valence-electron chi connectivity index (χ1n) is 7.59. The Morgan fingerprint density at radius 2 is 1.90 bits per heavy atom. The van der Waals surface area contributed by atoms with Crippen LogP contribution >= 0.6 is 0 Å². The van der Waals surface area contributed by atoms with E-state index in [0.29, 0.717) is 6.61 Å². The summed E-state index contributed by atoms with van der Waals surface area (Å²) in [6.07, 6.45) is 8.01. The van der Waals surface area contributed by atoms with Crippen molar-refractivity contribution in [2.45, 2.75) is 69.4 Å². The minimum Gasteiger partial charge on any atom is -0.409 e. The fourth-order valence-corrected chi connectivity index (χ4v) is 3.14. The number of nitrogens with two attached hydrogens (primary N) is 1. The summed E-state index contributed by atoms with van der Waals surface area (Å²) in [6, 6.07) is 0. The smallest absolute Gasteiger partial charge is 0.249 e. The molecular weight excluding hydrogens is 258 g/mol. The highest BCUT2D eigenvalue weighted by molar-refractivity contribution is 5.95. The minimum atomic E-state index is -0.705. The van der Waals surface area contributed by atoms with Crippen LogP contribution in [-0.2, 0) is 9.53 Å². The number of rotatable bonds is 3. The van der Waals surface area contributed by atoms with E-state index in [0.717, 1.165) is 57.8 Å². The second-order valence-corrected chi connectivity index (χ2v) is 5.83. The fraction of sp³-hybridized carbons (Fsp3) is 0.857. The van der Waals surface area contributed by atoms with Crippen LogP contribution in [0.15, 0.2) is 5.16 Å². The molecule has 1 heterocycles. The third kappa shape index (κ3) is 3.42. The van der Waals surface area contributed by atoms with Gasteiger partial charge in [-0.15, -0.1) is 0 Å². The Bertz CT molecular complexity index is 357. The zero-order valence-corrected chi connectivity index (χ0v) is 11.9. The van der Waals surface area contributed by atoms with Crippen LogP contribution < -0.4 is 11.1 Å². The molecule has 4 N–H and O–H groups in total. The standard InChI is InChI=1S/C14H25N3O3/c15-13(17-19)14(8-4-1-2-5-9-14)16-12(18)11-7-3-6-10-20-11/h11,19H,1-10H2,(H2,15,17)(H,16,18). The molecule has 0 aromatic heterocycles. The lowest BCUT2D eigenvalue weighted by molar-refractivity contribution is -0.136. The van der Waals surface area contributed by atoms with Crippen LogP contribution in [0, 0.1) is 0 Å². The average Bonchev–Trinajstić information content (AvgIpc) is 2.74. The average molecular weight is 283 g/mol. The number of carbonyl (C=O) groups is 1. The van der Waals surface area contributed by atoms with E-state index in [9.17, 15) is 4.79 Å². The van der Waals surface area contributed by atoms with E-state index in [1.165, 1.54) is 0 Å². The maximum absolute atomic E-state index is 12.4. The van der Waals surface area contributed by atoms with Crippen molar-refractivity contribution in [1.29, 1.82) is 0 Å². The molecule has 20 heavy (non-hydrogen) atoms. The highest BCUT2D eigenvalue weighted by Gasteiger charge is 2.39. The molecule has 6 nitrogen and oxygen atoms in total. The number of amidine groups is 1. The zero-order valence-electron chi connectivity index (χ0n) is 11.9. The number of nitrogens with one attached hydrogen (secondary N) is 1. The predicted octanol–water partition coefficient (Wildman–Crippen LogP) is 1.51. The van der Waals surface area contributed by atoms with Gasteiger partial charge in [-0.2, -0.15) is 0 Å². The van der Waals surface area contributed by atoms with Gasteiger partial charge in [-0.25, -0.2) is 0 Å².